The van der Waals surface area contributed by atoms with Gasteiger partial charge in [0.05, 0.1) is 24.4 Å². The van der Waals surface area contributed by atoms with Crippen molar-refractivity contribution >= 4 is 41.7 Å². The Labute approximate surface area is 133 Å². The summed E-state index contributed by atoms with van der Waals surface area (Å²) in [6, 6.07) is 2.88. The van der Waals surface area contributed by atoms with Crippen LogP contribution in [-0.4, -0.2) is 37.0 Å². The fourth-order valence-corrected chi connectivity index (χ4v) is 1.96. The summed E-state index contributed by atoms with van der Waals surface area (Å²) in [6.45, 7) is 0. The molecule has 0 fully saturated rings. The number of anilines is 1. The van der Waals surface area contributed by atoms with E-state index in [1.807, 2.05) is 6.26 Å². The SMILES string of the molecule is COC(=O)c1ccc(F)c(NC(=O)[C@@H](N)CCSC)c1.Cl. The van der Waals surface area contributed by atoms with Gasteiger partial charge in [-0.15, -0.1) is 12.4 Å². The Morgan fingerprint density at radius 3 is 2.71 bits per heavy atom. The number of methoxy groups -OCH3 is 1. The monoisotopic (exact) mass is 336 g/mol. The van der Waals surface area contributed by atoms with Gasteiger partial charge in [-0.05, 0) is 36.6 Å². The Bertz CT molecular complexity index is 502. The molecule has 0 unspecified atom stereocenters. The molecule has 0 aliphatic carbocycles. The summed E-state index contributed by atoms with van der Waals surface area (Å²) >= 11 is 1.57. The van der Waals surface area contributed by atoms with Crippen LogP contribution in [0.25, 0.3) is 0 Å². The highest BCUT2D eigenvalue weighted by atomic mass is 35.5. The largest absolute Gasteiger partial charge is 0.465 e. The minimum Gasteiger partial charge on any atom is -0.465 e. The van der Waals surface area contributed by atoms with E-state index in [9.17, 15) is 14.0 Å². The molecule has 1 atom stereocenters. The molecule has 21 heavy (non-hydrogen) atoms. The molecule has 118 valence electrons. The van der Waals surface area contributed by atoms with Gasteiger partial charge in [0.2, 0.25) is 5.91 Å². The summed E-state index contributed by atoms with van der Waals surface area (Å²) in [6.07, 6.45) is 2.40. The number of nitrogens with one attached hydrogen (secondary N) is 1. The zero-order chi connectivity index (χ0) is 15.1. The smallest absolute Gasteiger partial charge is 0.337 e. The predicted octanol–water partition coefficient (Wildman–Crippen LogP) is 2.05. The molecule has 0 spiro atoms. The van der Waals surface area contributed by atoms with E-state index in [2.05, 4.69) is 10.1 Å². The maximum absolute atomic E-state index is 13.6. The Kier molecular flexibility index (Phi) is 9.00. The second-order valence-electron chi connectivity index (χ2n) is 4.06. The molecule has 0 heterocycles. The Balaban J connectivity index is 0.00000400. The van der Waals surface area contributed by atoms with Crippen LogP contribution in [0, 0.1) is 5.82 Å². The number of nitrogens with two attached hydrogens (primary N) is 1. The van der Waals surface area contributed by atoms with Gasteiger partial charge < -0.3 is 15.8 Å². The number of amides is 1. The average Bonchev–Trinajstić information content (AvgIpc) is 2.45. The maximum atomic E-state index is 13.6. The number of rotatable bonds is 6. The first-order valence-corrected chi connectivity index (χ1v) is 7.32. The van der Waals surface area contributed by atoms with Crippen LogP contribution in [0.2, 0.25) is 0 Å². The molecule has 5 nitrogen and oxygen atoms in total. The number of carbonyl (C=O) groups excluding carboxylic acids is 2. The summed E-state index contributed by atoms with van der Waals surface area (Å²) in [5.74, 6) is -0.991. The Morgan fingerprint density at radius 1 is 1.48 bits per heavy atom. The lowest BCUT2D eigenvalue weighted by molar-refractivity contribution is -0.117. The number of benzene rings is 1. The first-order valence-electron chi connectivity index (χ1n) is 5.92. The highest BCUT2D eigenvalue weighted by molar-refractivity contribution is 7.98. The van der Waals surface area contributed by atoms with Crippen LogP contribution in [0.15, 0.2) is 18.2 Å². The van der Waals surface area contributed by atoms with E-state index >= 15 is 0 Å². The minimum absolute atomic E-state index is 0. The first kappa shape index (κ1) is 19.7. The molecule has 0 bridgehead atoms. The van der Waals surface area contributed by atoms with Crippen LogP contribution >= 0.6 is 24.2 Å². The molecule has 0 aromatic heterocycles. The van der Waals surface area contributed by atoms with E-state index in [1.54, 1.807) is 11.8 Å². The molecule has 8 heteroatoms. The van der Waals surface area contributed by atoms with Gasteiger partial charge in [-0.1, -0.05) is 0 Å². The van der Waals surface area contributed by atoms with Crippen molar-refractivity contribution in [3.05, 3.63) is 29.6 Å². The van der Waals surface area contributed by atoms with Gasteiger partial charge in [0, 0.05) is 0 Å². The number of thioether (sulfide) groups is 1. The molecule has 0 saturated heterocycles. The van der Waals surface area contributed by atoms with Gasteiger partial charge in [0.15, 0.2) is 0 Å². The topological polar surface area (TPSA) is 81.4 Å². The summed E-state index contributed by atoms with van der Waals surface area (Å²) < 4.78 is 18.1. The molecule has 0 saturated carbocycles. The molecule has 1 aromatic carbocycles. The van der Waals surface area contributed by atoms with Crippen LogP contribution in [-0.2, 0) is 9.53 Å². The van der Waals surface area contributed by atoms with Crippen molar-refractivity contribution in [3.63, 3.8) is 0 Å². The highest BCUT2D eigenvalue weighted by Gasteiger charge is 2.16. The lowest BCUT2D eigenvalue weighted by Crippen LogP contribution is -2.36. The molecule has 1 amide bonds. The number of hydrogen-bond acceptors (Lipinski definition) is 5. The van der Waals surface area contributed by atoms with Gasteiger partial charge in [0.25, 0.3) is 0 Å². The molecule has 1 aromatic rings. The maximum Gasteiger partial charge on any atom is 0.337 e. The second-order valence-corrected chi connectivity index (χ2v) is 5.05. The number of carbonyl (C=O) groups is 2. The van der Waals surface area contributed by atoms with Crippen LogP contribution in [0.4, 0.5) is 10.1 Å². The minimum atomic E-state index is -0.719. The Hall–Kier alpha value is -1.31. The molecular weight excluding hydrogens is 319 g/mol. The van der Waals surface area contributed by atoms with Crippen LogP contribution in [0.5, 0.6) is 0 Å². The van der Waals surface area contributed by atoms with E-state index in [-0.39, 0.29) is 23.7 Å². The van der Waals surface area contributed by atoms with Crippen molar-refractivity contribution in [3.8, 4) is 0 Å². The third-order valence-electron chi connectivity index (χ3n) is 2.62. The van der Waals surface area contributed by atoms with Gasteiger partial charge in [-0.2, -0.15) is 11.8 Å². The van der Waals surface area contributed by atoms with Gasteiger partial charge in [0.1, 0.15) is 5.82 Å². The van der Waals surface area contributed by atoms with Crippen LogP contribution in [0.1, 0.15) is 16.8 Å². The Morgan fingerprint density at radius 2 is 2.14 bits per heavy atom. The molecular formula is C13H18ClFN2O3S. The molecule has 0 radical (unpaired) electrons. The summed E-state index contributed by atoms with van der Waals surface area (Å²) in [4.78, 5) is 23.1. The summed E-state index contributed by atoms with van der Waals surface area (Å²) in [7, 11) is 1.22. The number of esters is 1. The van der Waals surface area contributed by atoms with Crippen molar-refractivity contribution in [2.45, 2.75) is 12.5 Å². The zero-order valence-corrected chi connectivity index (χ0v) is 13.4. The summed E-state index contributed by atoms with van der Waals surface area (Å²) in [5.41, 5.74) is 5.75. The predicted molar refractivity (Wildman–Crippen MR) is 84.6 cm³/mol. The lowest BCUT2D eigenvalue weighted by Gasteiger charge is -2.12. The van der Waals surface area contributed by atoms with Gasteiger partial charge in [-0.25, -0.2) is 9.18 Å². The molecule has 3 N–H and O–H groups in total. The fraction of sp³-hybridized carbons (Fsp3) is 0.385. The van der Waals surface area contributed by atoms with E-state index in [0.717, 1.165) is 11.8 Å². The van der Waals surface area contributed by atoms with Crippen molar-refractivity contribution in [2.24, 2.45) is 5.73 Å². The average molecular weight is 337 g/mol. The van der Waals surface area contributed by atoms with Crippen LogP contribution < -0.4 is 11.1 Å². The molecule has 1 rings (SSSR count). The van der Waals surface area contributed by atoms with Crippen LogP contribution in [0.3, 0.4) is 0 Å². The number of halogens is 2. The highest BCUT2D eigenvalue weighted by Crippen LogP contribution is 2.17. The van der Waals surface area contributed by atoms with Crippen molar-refractivity contribution < 1.29 is 18.7 Å². The van der Waals surface area contributed by atoms with E-state index in [1.165, 1.54) is 19.2 Å². The van der Waals surface area contributed by atoms with Gasteiger partial charge in [-0.3, -0.25) is 4.79 Å². The van der Waals surface area contributed by atoms with Crippen molar-refractivity contribution in [2.75, 3.05) is 24.4 Å². The van der Waals surface area contributed by atoms with Gasteiger partial charge >= 0.3 is 5.97 Å². The number of hydrogen-bond donors (Lipinski definition) is 2. The second kappa shape index (κ2) is 9.59. The lowest BCUT2D eigenvalue weighted by atomic mass is 10.1. The number of ether oxygens (including phenoxy) is 1. The first-order chi connectivity index (χ1) is 9.49. The molecule has 0 aliphatic rings. The fourth-order valence-electron chi connectivity index (χ4n) is 1.47. The summed E-state index contributed by atoms with van der Waals surface area (Å²) in [5, 5.41) is 2.38. The third kappa shape index (κ3) is 5.91. The standard InChI is InChI=1S/C13H17FN2O3S.ClH/c1-19-13(18)8-3-4-9(14)11(7-8)16-12(17)10(15)5-6-20-2;/h3-4,7,10H,5-6,15H2,1-2H3,(H,16,17);1H/t10-;/m0./s1. The zero-order valence-electron chi connectivity index (χ0n) is 11.7. The van der Waals surface area contributed by atoms with E-state index in [0.29, 0.717) is 6.42 Å². The van der Waals surface area contributed by atoms with E-state index < -0.39 is 23.7 Å². The van der Waals surface area contributed by atoms with E-state index in [4.69, 9.17) is 5.73 Å². The third-order valence-corrected chi connectivity index (χ3v) is 3.26. The normalized spacial score (nSPS) is 11.2. The van der Waals surface area contributed by atoms with Crippen molar-refractivity contribution in [1.29, 1.82) is 0 Å². The quantitative estimate of drug-likeness (QED) is 0.777. The van der Waals surface area contributed by atoms with Crippen molar-refractivity contribution in [1.82, 2.24) is 0 Å². The molecule has 0 aliphatic heterocycles.